The lowest BCUT2D eigenvalue weighted by atomic mass is 9.83. The van der Waals surface area contributed by atoms with Gasteiger partial charge in [-0.05, 0) is 73.1 Å². The van der Waals surface area contributed by atoms with Crippen molar-refractivity contribution in [1.29, 1.82) is 0 Å². The molecule has 0 saturated carbocycles. The van der Waals surface area contributed by atoms with Gasteiger partial charge in [-0.15, -0.1) is 0 Å². The van der Waals surface area contributed by atoms with E-state index in [9.17, 15) is 4.79 Å². The molecule has 5 rings (SSSR count). The Morgan fingerprint density at radius 3 is 2.86 bits per heavy atom. The first-order valence-corrected chi connectivity index (χ1v) is 12.5. The first-order valence-electron chi connectivity index (χ1n) is 12.5. The van der Waals surface area contributed by atoms with E-state index in [0.717, 1.165) is 37.1 Å². The van der Waals surface area contributed by atoms with E-state index in [2.05, 4.69) is 72.9 Å². The summed E-state index contributed by atoms with van der Waals surface area (Å²) in [5.74, 6) is 0.855. The third-order valence-electron chi connectivity index (χ3n) is 7.36. The normalized spacial score (nSPS) is 19.3. The number of nitrogens with one attached hydrogen (secondary N) is 1. The Morgan fingerprint density at radius 2 is 2.03 bits per heavy atom. The molecule has 2 aliphatic rings. The van der Waals surface area contributed by atoms with Gasteiger partial charge < -0.3 is 14.8 Å². The fraction of sp³-hybridized carbons (Fsp3) is 0.323. The Hall–Kier alpha value is -3.37. The van der Waals surface area contributed by atoms with Crippen molar-refractivity contribution in [1.82, 2.24) is 5.32 Å². The molecule has 35 heavy (non-hydrogen) atoms. The molecule has 4 heteroatoms. The average Bonchev–Trinajstić information content (AvgIpc) is 2.90. The van der Waals surface area contributed by atoms with Crippen molar-refractivity contribution in [2.75, 3.05) is 13.7 Å². The van der Waals surface area contributed by atoms with Gasteiger partial charge >= 0.3 is 5.97 Å². The summed E-state index contributed by atoms with van der Waals surface area (Å²) in [5.41, 5.74) is 8.10. The number of allylic oxidation sites excluding steroid dienone is 1. The second-order valence-corrected chi connectivity index (χ2v) is 9.62. The molecule has 0 amide bonds. The van der Waals surface area contributed by atoms with Crippen LogP contribution >= 0.6 is 0 Å². The van der Waals surface area contributed by atoms with E-state index in [1.165, 1.54) is 34.9 Å². The molecule has 0 bridgehead atoms. The lowest BCUT2D eigenvalue weighted by Gasteiger charge is -2.34. The summed E-state index contributed by atoms with van der Waals surface area (Å²) < 4.78 is 11.4. The number of para-hydroxylation sites is 1. The first-order chi connectivity index (χ1) is 17.0. The molecule has 0 aromatic heterocycles. The second kappa shape index (κ2) is 10.1. The molecule has 3 atom stereocenters. The number of aryl methyl sites for hydroxylation is 2. The maximum Gasteiger partial charge on any atom is 0.338 e. The number of rotatable bonds is 6. The van der Waals surface area contributed by atoms with Gasteiger partial charge in [-0.1, -0.05) is 60.7 Å². The van der Waals surface area contributed by atoms with E-state index in [4.69, 9.17) is 9.47 Å². The van der Waals surface area contributed by atoms with Gasteiger partial charge in [0.05, 0.1) is 12.7 Å². The molecule has 0 saturated heterocycles. The molecule has 4 nitrogen and oxygen atoms in total. The van der Waals surface area contributed by atoms with Gasteiger partial charge in [0.25, 0.3) is 0 Å². The third-order valence-corrected chi connectivity index (χ3v) is 7.36. The zero-order valence-corrected chi connectivity index (χ0v) is 20.7. The van der Waals surface area contributed by atoms with Crippen molar-refractivity contribution in [3.05, 3.63) is 106 Å². The van der Waals surface area contributed by atoms with Gasteiger partial charge in [0.15, 0.2) is 0 Å². The van der Waals surface area contributed by atoms with Crippen LogP contribution in [0.5, 0.6) is 5.75 Å². The van der Waals surface area contributed by atoms with Crippen molar-refractivity contribution < 1.29 is 15.7 Å². The van der Waals surface area contributed by atoms with Gasteiger partial charge in [-0.2, -0.15) is 0 Å². The minimum Gasteiger partial charge on any atom is -0.489 e. The SMILES string of the molecule is COC(=O)c1ccc([C@@H]2C[C@H](CN[C@H](C)c3cccc4c3C=CCC4)Oc3ccccc32)cc1C.[HH]. The van der Waals surface area contributed by atoms with Crippen LogP contribution in [-0.2, 0) is 11.2 Å². The highest BCUT2D eigenvalue weighted by Crippen LogP contribution is 2.41. The summed E-state index contributed by atoms with van der Waals surface area (Å²) in [7, 11) is 1.42. The summed E-state index contributed by atoms with van der Waals surface area (Å²) in [5, 5.41) is 3.74. The smallest absolute Gasteiger partial charge is 0.338 e. The van der Waals surface area contributed by atoms with E-state index in [1.54, 1.807) is 0 Å². The molecular formula is C31H35NO3. The number of carbonyl (C=O) groups excluding carboxylic acids is 1. The van der Waals surface area contributed by atoms with Crippen LogP contribution in [0.1, 0.15) is 76.9 Å². The van der Waals surface area contributed by atoms with Gasteiger partial charge in [0, 0.05) is 25.5 Å². The zero-order chi connectivity index (χ0) is 24.4. The van der Waals surface area contributed by atoms with E-state index in [1.807, 2.05) is 19.1 Å². The summed E-state index contributed by atoms with van der Waals surface area (Å²) in [6.07, 6.45) is 7.71. The van der Waals surface area contributed by atoms with Gasteiger partial charge in [-0.3, -0.25) is 0 Å². The van der Waals surface area contributed by atoms with E-state index < -0.39 is 0 Å². The van der Waals surface area contributed by atoms with Crippen LogP contribution in [0, 0.1) is 6.92 Å². The third kappa shape index (κ3) is 4.76. The summed E-state index contributed by atoms with van der Waals surface area (Å²) in [4.78, 5) is 12.1. The molecule has 182 valence electrons. The lowest BCUT2D eigenvalue weighted by molar-refractivity contribution is 0.0600. The molecule has 0 radical (unpaired) electrons. The highest BCUT2D eigenvalue weighted by molar-refractivity contribution is 5.91. The van der Waals surface area contributed by atoms with Gasteiger partial charge in [0.1, 0.15) is 11.9 Å². The van der Waals surface area contributed by atoms with E-state index in [0.29, 0.717) is 5.56 Å². The van der Waals surface area contributed by atoms with E-state index >= 15 is 0 Å². The fourth-order valence-corrected chi connectivity index (χ4v) is 5.47. The van der Waals surface area contributed by atoms with Gasteiger partial charge in [-0.25, -0.2) is 4.79 Å². The fourth-order valence-electron chi connectivity index (χ4n) is 5.47. The Kier molecular flexibility index (Phi) is 6.74. The zero-order valence-electron chi connectivity index (χ0n) is 20.7. The minimum absolute atomic E-state index is 0. The second-order valence-electron chi connectivity index (χ2n) is 9.62. The maximum absolute atomic E-state index is 12.1. The number of carbonyl (C=O) groups is 1. The van der Waals surface area contributed by atoms with Crippen molar-refractivity contribution in [2.45, 2.75) is 51.2 Å². The van der Waals surface area contributed by atoms with E-state index in [-0.39, 0.29) is 25.5 Å². The van der Waals surface area contributed by atoms with Crippen molar-refractivity contribution in [3.63, 3.8) is 0 Å². The molecular weight excluding hydrogens is 434 g/mol. The molecule has 1 N–H and O–H groups in total. The summed E-state index contributed by atoms with van der Waals surface area (Å²) in [6.45, 7) is 4.97. The number of hydrogen-bond acceptors (Lipinski definition) is 4. The molecule has 1 aliphatic heterocycles. The van der Waals surface area contributed by atoms with Crippen LogP contribution in [0.15, 0.2) is 66.7 Å². The van der Waals surface area contributed by atoms with Crippen LogP contribution in [-0.4, -0.2) is 25.7 Å². The van der Waals surface area contributed by atoms with Crippen molar-refractivity contribution in [2.24, 2.45) is 0 Å². The number of esters is 1. The van der Waals surface area contributed by atoms with Crippen LogP contribution in [0.2, 0.25) is 0 Å². The predicted octanol–water partition coefficient (Wildman–Crippen LogP) is 6.62. The Balaban J connectivity index is 0.00000304. The van der Waals surface area contributed by atoms with Crippen molar-refractivity contribution >= 4 is 12.0 Å². The van der Waals surface area contributed by atoms with Crippen LogP contribution < -0.4 is 10.1 Å². The average molecular weight is 470 g/mol. The van der Waals surface area contributed by atoms with Crippen LogP contribution in [0.3, 0.4) is 0 Å². The highest BCUT2D eigenvalue weighted by Gasteiger charge is 2.30. The number of benzene rings is 3. The lowest BCUT2D eigenvalue weighted by Crippen LogP contribution is -2.37. The predicted molar refractivity (Wildman–Crippen MR) is 142 cm³/mol. The van der Waals surface area contributed by atoms with Crippen molar-refractivity contribution in [3.8, 4) is 5.75 Å². The number of methoxy groups -OCH3 is 1. The number of hydrogen-bond donors (Lipinski definition) is 1. The number of ether oxygens (including phenoxy) is 2. The topological polar surface area (TPSA) is 47.6 Å². The minimum atomic E-state index is -0.296. The highest BCUT2D eigenvalue weighted by atomic mass is 16.5. The Labute approximate surface area is 209 Å². The molecule has 1 heterocycles. The summed E-state index contributed by atoms with van der Waals surface area (Å²) >= 11 is 0. The van der Waals surface area contributed by atoms with Crippen LogP contribution in [0.4, 0.5) is 0 Å². The molecule has 0 fully saturated rings. The molecule has 0 unspecified atom stereocenters. The number of fused-ring (bicyclic) bond motifs is 2. The van der Waals surface area contributed by atoms with Gasteiger partial charge in [0.2, 0.25) is 0 Å². The first kappa shape index (κ1) is 23.4. The molecule has 1 aliphatic carbocycles. The summed E-state index contributed by atoms with van der Waals surface area (Å²) in [6, 6.07) is 21.3. The molecule has 3 aromatic rings. The quantitative estimate of drug-likeness (QED) is 0.412. The Bertz CT molecular complexity index is 1270. The van der Waals surface area contributed by atoms with Crippen LogP contribution in [0.25, 0.3) is 6.08 Å². The molecule has 3 aromatic carbocycles. The standard InChI is InChI=1S/C31H33NO3.H2/c1-20-17-23(15-16-25(20)31(33)34-3)29-18-24(35-30-14-7-6-12-28(29)30)19-32-21(2)26-13-8-10-22-9-4-5-11-27(22)26;/h5-8,10-17,21,24,29,32H,4,9,18-19H2,1-3H3;1H/t21-,24-,29+;/m1./s1. The molecule has 0 spiro atoms. The monoisotopic (exact) mass is 469 g/mol. The maximum atomic E-state index is 12.1. The Morgan fingerprint density at radius 1 is 1.17 bits per heavy atom. The largest absolute Gasteiger partial charge is 0.489 e.